The summed E-state index contributed by atoms with van der Waals surface area (Å²) in [6.45, 7) is 4.03. The SMILES string of the molecule is Cc1nn(C)c(C)c1CNc1ccc(F)c(F)c1F. The molecule has 0 aliphatic heterocycles. The fraction of sp³-hybridized carbons (Fsp3) is 0.308. The quantitative estimate of drug-likeness (QED) is 0.868. The largest absolute Gasteiger partial charge is 0.378 e. The molecule has 102 valence electrons. The van der Waals surface area contributed by atoms with Gasteiger partial charge in [0.2, 0.25) is 0 Å². The van der Waals surface area contributed by atoms with Gasteiger partial charge in [-0.15, -0.1) is 0 Å². The standard InChI is InChI=1S/C13H14F3N3/c1-7-9(8(2)19(3)18-7)6-17-11-5-4-10(14)12(15)13(11)16/h4-5,17H,6H2,1-3H3. The van der Waals surface area contributed by atoms with E-state index in [2.05, 4.69) is 10.4 Å². The van der Waals surface area contributed by atoms with E-state index in [-0.39, 0.29) is 5.69 Å². The summed E-state index contributed by atoms with van der Waals surface area (Å²) in [4.78, 5) is 0. The zero-order chi connectivity index (χ0) is 14.2. The summed E-state index contributed by atoms with van der Waals surface area (Å²) < 4.78 is 41.1. The molecule has 0 unspecified atom stereocenters. The molecule has 0 amide bonds. The minimum absolute atomic E-state index is 0.0680. The summed E-state index contributed by atoms with van der Waals surface area (Å²) in [5.41, 5.74) is 2.59. The van der Waals surface area contributed by atoms with Crippen LogP contribution < -0.4 is 5.32 Å². The van der Waals surface area contributed by atoms with Gasteiger partial charge in [0.15, 0.2) is 17.5 Å². The summed E-state index contributed by atoms with van der Waals surface area (Å²) in [6.07, 6.45) is 0. The van der Waals surface area contributed by atoms with Crippen molar-refractivity contribution in [3.8, 4) is 0 Å². The first kappa shape index (κ1) is 13.5. The van der Waals surface area contributed by atoms with E-state index in [9.17, 15) is 13.2 Å². The molecule has 2 aromatic rings. The number of aromatic nitrogens is 2. The van der Waals surface area contributed by atoms with Crippen LogP contribution in [0.4, 0.5) is 18.9 Å². The van der Waals surface area contributed by atoms with Gasteiger partial charge in [0.1, 0.15) is 0 Å². The molecule has 0 aliphatic rings. The van der Waals surface area contributed by atoms with Crippen molar-refractivity contribution in [3.05, 3.63) is 46.5 Å². The molecule has 1 aromatic carbocycles. The molecular weight excluding hydrogens is 255 g/mol. The van der Waals surface area contributed by atoms with Crippen LogP contribution in [0.1, 0.15) is 17.0 Å². The van der Waals surface area contributed by atoms with Crippen LogP contribution in [0.5, 0.6) is 0 Å². The molecule has 0 aliphatic carbocycles. The monoisotopic (exact) mass is 269 g/mol. The number of hydrogen-bond acceptors (Lipinski definition) is 2. The first-order valence-electron chi connectivity index (χ1n) is 5.78. The summed E-state index contributed by atoms with van der Waals surface area (Å²) in [5, 5.41) is 6.98. The Hall–Kier alpha value is -1.98. The lowest BCUT2D eigenvalue weighted by molar-refractivity contribution is 0.449. The van der Waals surface area contributed by atoms with Crippen molar-refractivity contribution in [1.29, 1.82) is 0 Å². The predicted octanol–water partition coefficient (Wildman–Crippen LogP) is 3.07. The second kappa shape index (κ2) is 4.95. The number of benzene rings is 1. The highest BCUT2D eigenvalue weighted by Gasteiger charge is 2.14. The van der Waals surface area contributed by atoms with Crippen LogP contribution >= 0.6 is 0 Å². The van der Waals surface area contributed by atoms with Gasteiger partial charge in [0.05, 0.1) is 11.4 Å². The van der Waals surface area contributed by atoms with Crippen LogP contribution in [0.3, 0.4) is 0 Å². The van der Waals surface area contributed by atoms with Gasteiger partial charge < -0.3 is 5.32 Å². The van der Waals surface area contributed by atoms with Crippen molar-refractivity contribution in [2.75, 3.05) is 5.32 Å². The molecule has 0 spiro atoms. The topological polar surface area (TPSA) is 29.9 Å². The smallest absolute Gasteiger partial charge is 0.196 e. The summed E-state index contributed by atoms with van der Waals surface area (Å²) in [6, 6.07) is 2.07. The van der Waals surface area contributed by atoms with E-state index < -0.39 is 17.5 Å². The highest BCUT2D eigenvalue weighted by atomic mass is 19.2. The second-order valence-corrected chi connectivity index (χ2v) is 4.35. The fourth-order valence-corrected chi connectivity index (χ4v) is 1.92. The third-order valence-electron chi connectivity index (χ3n) is 3.15. The Labute approximate surface area is 109 Å². The Morgan fingerprint density at radius 2 is 1.84 bits per heavy atom. The maximum Gasteiger partial charge on any atom is 0.196 e. The van der Waals surface area contributed by atoms with E-state index in [1.54, 1.807) is 4.68 Å². The third-order valence-corrected chi connectivity index (χ3v) is 3.15. The number of rotatable bonds is 3. The Morgan fingerprint density at radius 3 is 2.42 bits per heavy atom. The van der Waals surface area contributed by atoms with Crippen molar-refractivity contribution >= 4 is 5.69 Å². The van der Waals surface area contributed by atoms with E-state index in [4.69, 9.17) is 0 Å². The maximum absolute atomic E-state index is 13.5. The first-order chi connectivity index (χ1) is 8.91. The Bertz CT molecular complexity index is 620. The van der Waals surface area contributed by atoms with Gasteiger partial charge in [0, 0.05) is 24.8 Å². The van der Waals surface area contributed by atoms with Gasteiger partial charge in [-0.2, -0.15) is 5.10 Å². The number of aryl methyl sites for hydroxylation is 2. The molecule has 6 heteroatoms. The van der Waals surface area contributed by atoms with Crippen molar-refractivity contribution in [2.24, 2.45) is 7.05 Å². The Kier molecular flexibility index (Phi) is 3.50. The lowest BCUT2D eigenvalue weighted by Crippen LogP contribution is -2.05. The van der Waals surface area contributed by atoms with Gasteiger partial charge in [-0.05, 0) is 26.0 Å². The number of anilines is 1. The average Bonchev–Trinajstić information content (AvgIpc) is 2.61. The zero-order valence-corrected chi connectivity index (χ0v) is 10.9. The highest BCUT2D eigenvalue weighted by molar-refractivity contribution is 5.46. The van der Waals surface area contributed by atoms with E-state index in [1.165, 1.54) is 6.07 Å². The molecule has 0 radical (unpaired) electrons. The minimum Gasteiger partial charge on any atom is -0.378 e. The Morgan fingerprint density at radius 1 is 1.16 bits per heavy atom. The van der Waals surface area contributed by atoms with Crippen molar-refractivity contribution in [3.63, 3.8) is 0 Å². The fourth-order valence-electron chi connectivity index (χ4n) is 1.92. The Balaban J connectivity index is 2.22. The normalized spacial score (nSPS) is 10.8. The molecule has 2 rings (SSSR count). The molecule has 0 atom stereocenters. The van der Waals surface area contributed by atoms with Crippen LogP contribution in [0.25, 0.3) is 0 Å². The average molecular weight is 269 g/mol. The van der Waals surface area contributed by atoms with E-state index in [0.29, 0.717) is 6.54 Å². The van der Waals surface area contributed by atoms with Gasteiger partial charge in [0.25, 0.3) is 0 Å². The minimum atomic E-state index is -1.47. The van der Waals surface area contributed by atoms with Crippen LogP contribution in [0.2, 0.25) is 0 Å². The molecular formula is C13H14F3N3. The van der Waals surface area contributed by atoms with Gasteiger partial charge in [-0.25, -0.2) is 13.2 Å². The van der Waals surface area contributed by atoms with Crippen molar-refractivity contribution in [1.82, 2.24) is 9.78 Å². The summed E-state index contributed by atoms with van der Waals surface area (Å²) in [5.74, 6) is -3.87. The van der Waals surface area contributed by atoms with Crippen LogP contribution in [-0.4, -0.2) is 9.78 Å². The molecule has 0 saturated heterocycles. The van der Waals surface area contributed by atoms with E-state index in [0.717, 1.165) is 23.0 Å². The van der Waals surface area contributed by atoms with Gasteiger partial charge in [-0.3, -0.25) is 4.68 Å². The summed E-state index contributed by atoms with van der Waals surface area (Å²) in [7, 11) is 1.81. The third kappa shape index (κ3) is 2.43. The van der Waals surface area contributed by atoms with E-state index >= 15 is 0 Å². The molecule has 1 aromatic heterocycles. The molecule has 19 heavy (non-hydrogen) atoms. The number of nitrogens with one attached hydrogen (secondary N) is 1. The molecule has 0 saturated carbocycles. The number of nitrogens with zero attached hydrogens (tertiary/aromatic N) is 2. The van der Waals surface area contributed by atoms with Crippen LogP contribution in [0.15, 0.2) is 12.1 Å². The molecule has 1 heterocycles. The van der Waals surface area contributed by atoms with Crippen LogP contribution in [0, 0.1) is 31.3 Å². The van der Waals surface area contributed by atoms with Gasteiger partial charge >= 0.3 is 0 Å². The molecule has 0 fully saturated rings. The molecule has 3 nitrogen and oxygen atoms in total. The highest BCUT2D eigenvalue weighted by Crippen LogP contribution is 2.21. The number of hydrogen-bond donors (Lipinski definition) is 1. The predicted molar refractivity (Wildman–Crippen MR) is 66.3 cm³/mol. The van der Waals surface area contributed by atoms with E-state index in [1.807, 2.05) is 20.9 Å². The lowest BCUT2D eigenvalue weighted by Gasteiger charge is -2.09. The number of halogens is 3. The lowest BCUT2D eigenvalue weighted by atomic mass is 10.2. The molecule has 0 bridgehead atoms. The summed E-state index contributed by atoms with van der Waals surface area (Å²) >= 11 is 0. The van der Waals surface area contributed by atoms with Crippen molar-refractivity contribution < 1.29 is 13.2 Å². The maximum atomic E-state index is 13.5. The molecule has 1 N–H and O–H groups in total. The van der Waals surface area contributed by atoms with Crippen molar-refractivity contribution in [2.45, 2.75) is 20.4 Å². The first-order valence-corrected chi connectivity index (χ1v) is 5.78. The second-order valence-electron chi connectivity index (χ2n) is 4.35. The zero-order valence-electron chi connectivity index (χ0n) is 10.9. The van der Waals surface area contributed by atoms with Crippen LogP contribution in [-0.2, 0) is 13.6 Å². The van der Waals surface area contributed by atoms with Gasteiger partial charge in [-0.1, -0.05) is 0 Å².